The maximum absolute atomic E-state index is 12.7. The summed E-state index contributed by atoms with van der Waals surface area (Å²) in [6.45, 7) is 1.67. The lowest BCUT2D eigenvalue weighted by molar-refractivity contribution is -0.137. The Bertz CT molecular complexity index is 616. The van der Waals surface area contributed by atoms with Crippen LogP contribution in [-0.2, 0) is 6.18 Å². The third kappa shape index (κ3) is 3.15. The molecule has 20 heavy (non-hydrogen) atoms. The topological polar surface area (TPSA) is 73.1 Å². The minimum Gasteiger partial charge on any atom is -0.437 e. The van der Waals surface area contributed by atoms with Crippen LogP contribution >= 0.6 is 0 Å². The van der Waals surface area contributed by atoms with Crippen molar-refractivity contribution in [3.63, 3.8) is 0 Å². The molecule has 2 heterocycles. The molecule has 0 atom stereocenters. The van der Waals surface area contributed by atoms with E-state index in [0.29, 0.717) is 11.4 Å². The van der Waals surface area contributed by atoms with Gasteiger partial charge in [0.25, 0.3) is 0 Å². The summed E-state index contributed by atoms with van der Waals surface area (Å²) < 4.78 is 43.5. The van der Waals surface area contributed by atoms with E-state index in [1.54, 1.807) is 25.3 Å². The van der Waals surface area contributed by atoms with E-state index in [9.17, 15) is 13.2 Å². The largest absolute Gasteiger partial charge is 0.437 e. The Hall–Kier alpha value is -2.35. The second-order valence-electron chi connectivity index (χ2n) is 3.91. The van der Waals surface area contributed by atoms with Crippen molar-refractivity contribution < 1.29 is 17.9 Å². The molecule has 0 unspecified atom stereocenters. The van der Waals surface area contributed by atoms with E-state index in [1.807, 2.05) is 0 Å². The summed E-state index contributed by atoms with van der Waals surface area (Å²) in [6, 6.07) is 4.79. The van der Waals surface area contributed by atoms with Gasteiger partial charge in [-0.3, -0.25) is 4.98 Å². The fourth-order valence-corrected chi connectivity index (χ4v) is 1.49. The number of nitrogens with zero attached hydrogens (tertiary/aromatic N) is 2. The number of aryl methyl sites for hydroxylation is 1. The maximum Gasteiger partial charge on any atom is 0.416 e. The Morgan fingerprint density at radius 2 is 2.05 bits per heavy atom. The van der Waals surface area contributed by atoms with E-state index < -0.39 is 11.7 Å². The smallest absolute Gasteiger partial charge is 0.416 e. The van der Waals surface area contributed by atoms with Crippen molar-refractivity contribution in [2.45, 2.75) is 13.1 Å². The van der Waals surface area contributed by atoms with Gasteiger partial charge in [0.05, 0.1) is 11.3 Å². The molecule has 0 radical (unpaired) electrons. The van der Waals surface area contributed by atoms with Gasteiger partial charge in [-0.2, -0.15) is 18.2 Å². The van der Waals surface area contributed by atoms with Crippen LogP contribution in [0.15, 0.2) is 30.5 Å². The molecule has 2 aromatic heterocycles. The molecule has 0 bridgehead atoms. The van der Waals surface area contributed by atoms with Gasteiger partial charge in [-0.25, -0.2) is 5.84 Å². The highest BCUT2D eigenvalue weighted by atomic mass is 19.4. The average molecular weight is 284 g/mol. The number of nitrogen functional groups attached to an aromatic ring is 1. The summed E-state index contributed by atoms with van der Waals surface area (Å²) in [5, 5.41) is 0. The minimum absolute atomic E-state index is 0.142. The molecule has 3 N–H and O–H groups in total. The number of ether oxygens (including phenoxy) is 1. The predicted molar refractivity (Wildman–Crippen MR) is 66.1 cm³/mol. The van der Waals surface area contributed by atoms with E-state index in [1.165, 1.54) is 0 Å². The number of anilines is 1. The Labute approximate surface area is 112 Å². The first kappa shape index (κ1) is 14.1. The lowest BCUT2D eigenvalue weighted by Gasteiger charge is -2.12. The number of halogens is 3. The first-order valence-electron chi connectivity index (χ1n) is 5.55. The maximum atomic E-state index is 12.7. The van der Waals surface area contributed by atoms with Crippen LogP contribution in [0, 0.1) is 6.92 Å². The van der Waals surface area contributed by atoms with Crippen LogP contribution in [0.3, 0.4) is 0 Å². The van der Waals surface area contributed by atoms with Gasteiger partial charge in [0.1, 0.15) is 5.82 Å². The quantitative estimate of drug-likeness (QED) is 0.669. The summed E-state index contributed by atoms with van der Waals surface area (Å²) >= 11 is 0. The standard InChI is InChI=1S/C12H11F3N4O/c1-7-9(3-2-4-17-7)20-11-6-8(12(13,14)15)5-10(18-11)19-16/h2-6H,16H2,1H3,(H,18,19). The third-order valence-electron chi connectivity index (χ3n) is 2.45. The number of rotatable bonds is 3. The zero-order valence-electron chi connectivity index (χ0n) is 10.4. The van der Waals surface area contributed by atoms with Gasteiger partial charge in [0.15, 0.2) is 5.75 Å². The summed E-state index contributed by atoms with van der Waals surface area (Å²) in [6.07, 6.45) is -2.97. The molecule has 5 nitrogen and oxygen atoms in total. The van der Waals surface area contributed by atoms with Crippen molar-refractivity contribution in [1.82, 2.24) is 9.97 Å². The van der Waals surface area contributed by atoms with Crippen molar-refractivity contribution in [3.05, 3.63) is 41.7 Å². The highest BCUT2D eigenvalue weighted by Gasteiger charge is 2.32. The van der Waals surface area contributed by atoms with E-state index in [-0.39, 0.29) is 11.7 Å². The van der Waals surface area contributed by atoms with Gasteiger partial charge in [-0.05, 0) is 25.1 Å². The second-order valence-corrected chi connectivity index (χ2v) is 3.91. The van der Waals surface area contributed by atoms with Crippen LogP contribution in [-0.4, -0.2) is 9.97 Å². The van der Waals surface area contributed by atoms with Crippen molar-refractivity contribution >= 4 is 5.82 Å². The molecule has 106 valence electrons. The monoisotopic (exact) mass is 284 g/mol. The summed E-state index contributed by atoms with van der Waals surface area (Å²) in [5.74, 6) is 5.07. The van der Waals surface area contributed by atoms with Crippen LogP contribution in [0.2, 0.25) is 0 Å². The molecule has 0 aromatic carbocycles. The summed E-state index contributed by atoms with van der Waals surface area (Å²) in [4.78, 5) is 7.79. The molecule has 2 rings (SSSR count). The SMILES string of the molecule is Cc1ncccc1Oc1cc(C(F)(F)F)cc(NN)n1. The molecule has 8 heteroatoms. The Kier molecular flexibility index (Phi) is 3.75. The molecule has 0 saturated carbocycles. The van der Waals surface area contributed by atoms with E-state index in [2.05, 4.69) is 15.4 Å². The van der Waals surface area contributed by atoms with Crippen molar-refractivity contribution in [2.75, 3.05) is 5.43 Å². The normalized spacial score (nSPS) is 11.2. The number of pyridine rings is 2. The predicted octanol–water partition coefficient (Wildman–Crippen LogP) is 2.88. The fraction of sp³-hybridized carbons (Fsp3) is 0.167. The number of hydrogen-bond donors (Lipinski definition) is 2. The number of nitrogens with one attached hydrogen (secondary N) is 1. The number of alkyl halides is 3. The lowest BCUT2D eigenvalue weighted by atomic mass is 10.2. The van der Waals surface area contributed by atoms with Crippen LogP contribution in [0.25, 0.3) is 0 Å². The molecule has 0 spiro atoms. The van der Waals surface area contributed by atoms with E-state index in [4.69, 9.17) is 10.6 Å². The highest BCUT2D eigenvalue weighted by molar-refractivity contribution is 5.43. The van der Waals surface area contributed by atoms with Crippen LogP contribution in [0.5, 0.6) is 11.6 Å². The lowest BCUT2D eigenvalue weighted by Crippen LogP contribution is -2.12. The van der Waals surface area contributed by atoms with Crippen molar-refractivity contribution in [1.29, 1.82) is 0 Å². The van der Waals surface area contributed by atoms with Crippen LogP contribution in [0.1, 0.15) is 11.3 Å². The first-order chi connectivity index (χ1) is 9.40. The summed E-state index contributed by atoms with van der Waals surface area (Å²) in [5.41, 5.74) is 1.70. The van der Waals surface area contributed by atoms with Crippen LogP contribution in [0.4, 0.5) is 19.0 Å². The number of aromatic nitrogens is 2. The van der Waals surface area contributed by atoms with Gasteiger partial charge in [0.2, 0.25) is 5.88 Å². The third-order valence-corrected chi connectivity index (χ3v) is 2.45. The zero-order chi connectivity index (χ0) is 14.8. The molecular weight excluding hydrogens is 273 g/mol. The Morgan fingerprint density at radius 1 is 1.30 bits per heavy atom. The van der Waals surface area contributed by atoms with Gasteiger partial charge in [0, 0.05) is 12.3 Å². The molecule has 2 aromatic rings. The minimum atomic E-state index is -4.52. The van der Waals surface area contributed by atoms with Gasteiger partial charge < -0.3 is 10.2 Å². The first-order valence-corrected chi connectivity index (χ1v) is 5.55. The van der Waals surface area contributed by atoms with Crippen LogP contribution < -0.4 is 16.0 Å². The molecular formula is C12H11F3N4O. The molecule has 0 fully saturated rings. The Balaban J connectivity index is 2.39. The summed E-state index contributed by atoms with van der Waals surface area (Å²) in [7, 11) is 0. The molecule has 0 amide bonds. The van der Waals surface area contributed by atoms with E-state index in [0.717, 1.165) is 12.1 Å². The molecule has 0 aliphatic heterocycles. The van der Waals surface area contributed by atoms with Gasteiger partial charge in [-0.15, -0.1) is 0 Å². The molecule has 0 aliphatic rings. The number of hydrazine groups is 1. The zero-order valence-corrected chi connectivity index (χ0v) is 10.4. The highest BCUT2D eigenvalue weighted by Crippen LogP contribution is 2.33. The van der Waals surface area contributed by atoms with Crippen molar-refractivity contribution in [2.24, 2.45) is 5.84 Å². The number of nitrogens with two attached hydrogens (primary N) is 1. The second kappa shape index (κ2) is 5.33. The molecule has 0 saturated heterocycles. The fourth-order valence-electron chi connectivity index (χ4n) is 1.49. The number of hydrogen-bond acceptors (Lipinski definition) is 5. The van der Waals surface area contributed by atoms with Gasteiger partial charge in [-0.1, -0.05) is 0 Å². The Morgan fingerprint density at radius 3 is 2.65 bits per heavy atom. The van der Waals surface area contributed by atoms with E-state index >= 15 is 0 Å². The molecule has 0 aliphatic carbocycles. The van der Waals surface area contributed by atoms with Gasteiger partial charge >= 0.3 is 6.18 Å². The average Bonchev–Trinajstić information content (AvgIpc) is 2.40. The van der Waals surface area contributed by atoms with Crippen molar-refractivity contribution in [3.8, 4) is 11.6 Å².